The van der Waals surface area contributed by atoms with Gasteiger partial charge < -0.3 is 0 Å². The maximum atomic E-state index is 11.8. The van der Waals surface area contributed by atoms with E-state index in [9.17, 15) is 18.0 Å². The molecule has 0 spiro atoms. The number of benzene rings is 1. The number of rotatable bonds is 2. The standard InChI is InChI=1S/C8H5ClF3NO/c9-7(14)5-2-1-3-6(4-5)13-8(10,11)12/h1-4,13H. The molecule has 0 heterocycles. The highest BCUT2D eigenvalue weighted by molar-refractivity contribution is 6.67. The highest BCUT2D eigenvalue weighted by atomic mass is 35.5. The van der Waals surface area contributed by atoms with Crippen molar-refractivity contribution in [2.75, 3.05) is 5.32 Å². The number of carbonyl (C=O) groups excluding carboxylic acids is 1. The van der Waals surface area contributed by atoms with Gasteiger partial charge in [-0.3, -0.25) is 10.1 Å². The van der Waals surface area contributed by atoms with E-state index in [1.165, 1.54) is 23.5 Å². The molecule has 1 rings (SSSR count). The van der Waals surface area contributed by atoms with E-state index >= 15 is 0 Å². The van der Waals surface area contributed by atoms with Crippen molar-refractivity contribution in [2.45, 2.75) is 6.30 Å². The van der Waals surface area contributed by atoms with Crippen molar-refractivity contribution in [1.29, 1.82) is 0 Å². The first-order chi connectivity index (χ1) is 6.38. The van der Waals surface area contributed by atoms with E-state index in [-0.39, 0.29) is 11.3 Å². The van der Waals surface area contributed by atoms with Crippen LogP contribution in [0.5, 0.6) is 0 Å². The molecule has 0 aliphatic rings. The van der Waals surface area contributed by atoms with Crippen LogP contribution >= 0.6 is 11.6 Å². The van der Waals surface area contributed by atoms with Crippen LogP contribution in [0.4, 0.5) is 18.9 Å². The number of alkyl halides is 3. The minimum atomic E-state index is -4.52. The maximum absolute atomic E-state index is 11.8. The number of nitrogens with one attached hydrogen (secondary N) is 1. The molecule has 1 N–H and O–H groups in total. The van der Waals surface area contributed by atoms with E-state index < -0.39 is 11.5 Å². The summed E-state index contributed by atoms with van der Waals surface area (Å²) in [5, 5.41) is 0.470. The summed E-state index contributed by atoms with van der Waals surface area (Å²) < 4.78 is 35.5. The lowest BCUT2D eigenvalue weighted by Crippen LogP contribution is -2.20. The number of anilines is 1. The smallest absolute Gasteiger partial charge is 0.297 e. The van der Waals surface area contributed by atoms with Crippen molar-refractivity contribution >= 4 is 22.5 Å². The molecule has 1 aromatic rings. The molecule has 14 heavy (non-hydrogen) atoms. The summed E-state index contributed by atoms with van der Waals surface area (Å²) in [5.41, 5.74) is -0.204. The van der Waals surface area contributed by atoms with Crippen LogP contribution in [-0.2, 0) is 0 Å². The van der Waals surface area contributed by atoms with Gasteiger partial charge in [0.05, 0.1) is 0 Å². The van der Waals surface area contributed by atoms with E-state index in [2.05, 4.69) is 0 Å². The fourth-order valence-corrected chi connectivity index (χ4v) is 1.00. The summed E-state index contributed by atoms with van der Waals surface area (Å²) in [5.74, 6) is 0. The Morgan fingerprint density at radius 3 is 2.50 bits per heavy atom. The van der Waals surface area contributed by atoms with E-state index in [4.69, 9.17) is 11.6 Å². The zero-order valence-corrected chi connectivity index (χ0v) is 7.49. The summed E-state index contributed by atoms with van der Waals surface area (Å²) in [6, 6.07) is 4.86. The Balaban J connectivity index is 2.89. The molecule has 2 nitrogen and oxygen atoms in total. The molecular weight excluding hydrogens is 219 g/mol. The van der Waals surface area contributed by atoms with Crippen molar-refractivity contribution in [3.63, 3.8) is 0 Å². The average Bonchev–Trinajstić information content (AvgIpc) is 2.01. The van der Waals surface area contributed by atoms with Crippen LogP contribution in [-0.4, -0.2) is 11.5 Å². The Kier molecular flexibility index (Phi) is 3.00. The fraction of sp³-hybridized carbons (Fsp3) is 0.125. The molecule has 76 valence electrons. The molecule has 1 aromatic carbocycles. The largest absolute Gasteiger partial charge is 0.482 e. The van der Waals surface area contributed by atoms with Crippen molar-refractivity contribution in [3.05, 3.63) is 29.8 Å². The van der Waals surface area contributed by atoms with E-state index in [1.807, 2.05) is 0 Å². The highest BCUT2D eigenvalue weighted by Crippen LogP contribution is 2.20. The van der Waals surface area contributed by atoms with Gasteiger partial charge in [-0.2, -0.15) is 13.2 Å². The molecule has 0 saturated heterocycles. The molecule has 6 heteroatoms. The second-order valence-electron chi connectivity index (χ2n) is 2.48. The van der Waals surface area contributed by atoms with Crippen molar-refractivity contribution < 1.29 is 18.0 Å². The fourth-order valence-electron chi connectivity index (χ4n) is 0.883. The summed E-state index contributed by atoms with van der Waals surface area (Å²) >= 11 is 5.10. The Hall–Kier alpha value is -1.23. The normalized spacial score (nSPS) is 11.1. The monoisotopic (exact) mass is 223 g/mol. The van der Waals surface area contributed by atoms with Crippen molar-refractivity contribution in [3.8, 4) is 0 Å². The quantitative estimate of drug-likeness (QED) is 0.617. The van der Waals surface area contributed by atoms with Gasteiger partial charge in [-0.1, -0.05) is 6.07 Å². The van der Waals surface area contributed by atoms with Gasteiger partial charge in [0.25, 0.3) is 5.24 Å². The SMILES string of the molecule is O=C(Cl)c1cccc(NC(F)(F)F)c1. The predicted molar refractivity (Wildman–Crippen MR) is 46.3 cm³/mol. The third-order valence-electron chi connectivity index (χ3n) is 1.38. The van der Waals surface area contributed by atoms with Crippen molar-refractivity contribution in [2.24, 2.45) is 0 Å². The van der Waals surface area contributed by atoms with Crippen LogP contribution < -0.4 is 5.32 Å². The molecule has 0 aromatic heterocycles. The van der Waals surface area contributed by atoms with E-state index in [0.29, 0.717) is 0 Å². The summed E-state index contributed by atoms with van der Waals surface area (Å²) in [6.45, 7) is 0. The number of hydrogen-bond donors (Lipinski definition) is 1. The van der Waals surface area contributed by atoms with Gasteiger partial charge in [0.2, 0.25) is 0 Å². The number of halogens is 4. The molecule has 0 saturated carbocycles. The molecule has 0 unspecified atom stereocenters. The van der Waals surface area contributed by atoms with Crippen LogP contribution in [0.1, 0.15) is 10.4 Å². The highest BCUT2D eigenvalue weighted by Gasteiger charge is 2.27. The summed E-state index contributed by atoms with van der Waals surface area (Å²) in [7, 11) is 0. The molecule has 0 amide bonds. The first-order valence-electron chi connectivity index (χ1n) is 3.53. The van der Waals surface area contributed by atoms with Gasteiger partial charge in [0, 0.05) is 11.3 Å². The Morgan fingerprint density at radius 2 is 2.00 bits per heavy atom. The summed E-state index contributed by atoms with van der Waals surface area (Å²) in [6.07, 6.45) is -4.52. The molecular formula is C8H5ClF3NO. The van der Waals surface area contributed by atoms with E-state index in [0.717, 1.165) is 6.07 Å². The molecule has 0 fully saturated rings. The molecule has 0 aliphatic heterocycles. The van der Waals surface area contributed by atoms with Crippen LogP contribution in [0, 0.1) is 0 Å². The molecule has 0 radical (unpaired) electrons. The molecule has 0 bridgehead atoms. The van der Waals surface area contributed by atoms with Crippen LogP contribution in [0.2, 0.25) is 0 Å². The van der Waals surface area contributed by atoms with Gasteiger partial charge in [0.1, 0.15) is 0 Å². The van der Waals surface area contributed by atoms with E-state index in [1.54, 1.807) is 0 Å². The zero-order chi connectivity index (χ0) is 10.8. The van der Waals surface area contributed by atoms with Crippen LogP contribution in [0.25, 0.3) is 0 Å². The van der Waals surface area contributed by atoms with Crippen molar-refractivity contribution in [1.82, 2.24) is 0 Å². The van der Waals surface area contributed by atoms with Gasteiger partial charge in [-0.25, -0.2) is 0 Å². The number of carbonyl (C=O) groups is 1. The Bertz CT molecular complexity index is 351. The lowest BCUT2D eigenvalue weighted by atomic mass is 10.2. The third-order valence-corrected chi connectivity index (χ3v) is 1.59. The lowest BCUT2D eigenvalue weighted by molar-refractivity contribution is -0.0999. The number of hydrogen-bond acceptors (Lipinski definition) is 2. The zero-order valence-electron chi connectivity index (χ0n) is 6.73. The van der Waals surface area contributed by atoms with Gasteiger partial charge in [-0.15, -0.1) is 0 Å². The first-order valence-corrected chi connectivity index (χ1v) is 3.91. The Morgan fingerprint density at radius 1 is 1.36 bits per heavy atom. The van der Waals surface area contributed by atoms with Gasteiger partial charge >= 0.3 is 6.30 Å². The third kappa shape index (κ3) is 3.26. The molecule has 0 aliphatic carbocycles. The van der Waals surface area contributed by atoms with Gasteiger partial charge in [-0.05, 0) is 29.8 Å². The summed E-state index contributed by atoms with van der Waals surface area (Å²) in [4.78, 5) is 10.6. The minimum absolute atomic E-state index is 0.0147. The average molecular weight is 224 g/mol. The minimum Gasteiger partial charge on any atom is -0.297 e. The predicted octanol–water partition coefficient (Wildman–Crippen LogP) is 3.00. The first kappa shape index (κ1) is 10.8. The lowest BCUT2D eigenvalue weighted by Gasteiger charge is -2.09. The topological polar surface area (TPSA) is 29.1 Å². The van der Waals surface area contributed by atoms with Gasteiger partial charge in [0.15, 0.2) is 0 Å². The maximum Gasteiger partial charge on any atom is 0.482 e. The van der Waals surface area contributed by atoms with Crippen LogP contribution in [0.15, 0.2) is 24.3 Å². The molecule has 0 atom stereocenters. The van der Waals surface area contributed by atoms with Crippen LogP contribution in [0.3, 0.4) is 0 Å². The second kappa shape index (κ2) is 3.88. The Labute approximate surface area is 82.7 Å². The second-order valence-corrected chi connectivity index (χ2v) is 2.82.